The Bertz CT molecular complexity index is 647. The molecule has 3 aliphatic heterocycles. The summed E-state index contributed by atoms with van der Waals surface area (Å²) in [5.41, 5.74) is 1.18. The van der Waals surface area contributed by atoms with Gasteiger partial charge in [0.25, 0.3) is 0 Å². The van der Waals surface area contributed by atoms with Crippen LogP contribution in [-0.4, -0.2) is 66.6 Å². The van der Waals surface area contributed by atoms with Gasteiger partial charge in [-0.1, -0.05) is 18.2 Å². The Labute approximate surface area is 187 Å². The number of amides is 1. The molecular weight excluding hydrogens is 409 g/mol. The second-order valence-corrected chi connectivity index (χ2v) is 8.29. The molecule has 3 heterocycles. The molecule has 5 nitrogen and oxygen atoms in total. The van der Waals surface area contributed by atoms with Gasteiger partial charge in [-0.3, -0.25) is 9.69 Å². The van der Waals surface area contributed by atoms with Crippen molar-refractivity contribution in [1.82, 2.24) is 15.1 Å². The van der Waals surface area contributed by atoms with E-state index in [1.54, 1.807) is 0 Å². The zero-order valence-corrected chi connectivity index (χ0v) is 19.0. The third kappa shape index (κ3) is 5.78. The maximum Gasteiger partial charge on any atom is 0.239 e. The average Bonchev–Trinajstić information content (AvgIpc) is 3.20. The second kappa shape index (κ2) is 11.4. The van der Waals surface area contributed by atoms with E-state index < -0.39 is 0 Å². The fraction of sp³-hybridized carbons (Fsp3) is 0.682. The predicted octanol–water partition coefficient (Wildman–Crippen LogP) is 3.42. The van der Waals surface area contributed by atoms with Gasteiger partial charge in [0.05, 0.1) is 6.04 Å². The molecule has 1 atom stereocenters. The highest BCUT2D eigenvalue weighted by Gasteiger charge is 2.38. The van der Waals surface area contributed by atoms with Crippen molar-refractivity contribution in [1.29, 1.82) is 0 Å². The molecule has 7 heteroatoms. The molecule has 4 rings (SSSR count). The lowest BCUT2D eigenvalue weighted by molar-refractivity contribution is -0.138. The molecule has 3 fully saturated rings. The van der Waals surface area contributed by atoms with Gasteiger partial charge in [0.1, 0.15) is 11.9 Å². The molecule has 0 aromatic heterocycles. The smallest absolute Gasteiger partial charge is 0.239 e. The lowest BCUT2D eigenvalue weighted by Crippen LogP contribution is -2.53. The number of benzene rings is 1. The topological polar surface area (TPSA) is 44.8 Å². The van der Waals surface area contributed by atoms with Crippen molar-refractivity contribution >= 4 is 30.7 Å². The van der Waals surface area contributed by atoms with Gasteiger partial charge in [-0.2, -0.15) is 0 Å². The van der Waals surface area contributed by atoms with E-state index >= 15 is 0 Å². The molecule has 3 aliphatic rings. The maximum absolute atomic E-state index is 13.2. The number of piperidine rings is 2. The summed E-state index contributed by atoms with van der Waals surface area (Å²) in [6.45, 7) is 7.00. The van der Waals surface area contributed by atoms with Crippen molar-refractivity contribution in [3.05, 3.63) is 29.8 Å². The van der Waals surface area contributed by atoms with Crippen LogP contribution in [0.3, 0.4) is 0 Å². The molecule has 29 heavy (non-hydrogen) atoms. The highest BCUT2D eigenvalue weighted by atomic mass is 35.5. The molecular formula is C22H35Cl2N3O2. The van der Waals surface area contributed by atoms with Crippen LogP contribution in [-0.2, 0) is 4.79 Å². The van der Waals surface area contributed by atoms with Gasteiger partial charge in [0, 0.05) is 32.0 Å². The van der Waals surface area contributed by atoms with Crippen LogP contribution in [0.1, 0.15) is 44.1 Å². The lowest BCUT2D eigenvalue weighted by Gasteiger charge is -2.39. The lowest BCUT2D eigenvalue weighted by atomic mass is 10.0. The van der Waals surface area contributed by atoms with E-state index in [0.29, 0.717) is 11.9 Å². The van der Waals surface area contributed by atoms with Crippen molar-refractivity contribution in [2.24, 2.45) is 0 Å². The number of nitrogens with one attached hydrogen (secondary N) is 1. The number of para-hydroxylation sites is 1. The molecule has 0 radical (unpaired) electrons. The first-order valence-electron chi connectivity index (χ1n) is 10.7. The molecule has 1 aromatic rings. The fourth-order valence-electron chi connectivity index (χ4n) is 4.90. The van der Waals surface area contributed by atoms with Crippen LogP contribution >= 0.6 is 24.8 Å². The highest BCUT2D eigenvalue weighted by Crippen LogP contribution is 2.28. The second-order valence-electron chi connectivity index (χ2n) is 8.29. The number of rotatable bonds is 4. The predicted molar refractivity (Wildman–Crippen MR) is 122 cm³/mol. The van der Waals surface area contributed by atoms with Crippen molar-refractivity contribution in [2.75, 3.05) is 32.7 Å². The number of hydrogen-bond donors (Lipinski definition) is 1. The van der Waals surface area contributed by atoms with E-state index in [1.807, 2.05) is 18.2 Å². The Balaban J connectivity index is 0.00000150. The molecule has 1 unspecified atom stereocenters. The Morgan fingerprint density at radius 3 is 2.38 bits per heavy atom. The first-order chi connectivity index (χ1) is 13.2. The largest absolute Gasteiger partial charge is 0.490 e. The summed E-state index contributed by atoms with van der Waals surface area (Å²) in [6.07, 6.45) is 6.63. The van der Waals surface area contributed by atoms with Crippen LogP contribution in [0, 0.1) is 6.92 Å². The Morgan fingerprint density at radius 1 is 1.00 bits per heavy atom. The molecule has 0 aliphatic carbocycles. The van der Waals surface area contributed by atoms with E-state index in [2.05, 4.69) is 28.1 Å². The first kappa shape index (κ1) is 24.3. The van der Waals surface area contributed by atoms with Crippen molar-refractivity contribution < 1.29 is 9.53 Å². The van der Waals surface area contributed by atoms with E-state index in [-0.39, 0.29) is 37.0 Å². The molecule has 1 aromatic carbocycles. The van der Waals surface area contributed by atoms with Crippen LogP contribution < -0.4 is 10.1 Å². The van der Waals surface area contributed by atoms with Gasteiger partial charge in [0.2, 0.25) is 5.91 Å². The van der Waals surface area contributed by atoms with E-state index in [9.17, 15) is 4.79 Å². The molecule has 1 amide bonds. The minimum Gasteiger partial charge on any atom is -0.490 e. The standard InChI is InChI=1S/C22H33N3O2.2ClH/c1-17-5-2-3-7-21(17)27-19-10-15-24(16-11-19)22(26)20-6-4-14-25(20)18-8-12-23-13-9-18;;/h2-3,5,7,18-20,23H,4,6,8-16H2,1H3;2*1H. The summed E-state index contributed by atoms with van der Waals surface area (Å²) < 4.78 is 6.20. The highest BCUT2D eigenvalue weighted by molar-refractivity contribution is 5.85. The third-order valence-electron chi connectivity index (χ3n) is 6.50. The first-order valence-corrected chi connectivity index (χ1v) is 10.7. The van der Waals surface area contributed by atoms with Crippen molar-refractivity contribution in [2.45, 2.75) is 63.6 Å². The van der Waals surface area contributed by atoms with Gasteiger partial charge in [-0.05, 0) is 63.9 Å². The van der Waals surface area contributed by atoms with Gasteiger partial charge in [-0.25, -0.2) is 0 Å². The van der Waals surface area contributed by atoms with E-state index in [4.69, 9.17) is 4.74 Å². The fourth-order valence-corrected chi connectivity index (χ4v) is 4.90. The molecule has 0 saturated carbocycles. The Kier molecular flexibility index (Phi) is 9.54. The molecule has 0 bridgehead atoms. The summed E-state index contributed by atoms with van der Waals surface area (Å²) >= 11 is 0. The SMILES string of the molecule is Cc1ccccc1OC1CCN(C(=O)C2CCCN2C2CCNCC2)CC1.Cl.Cl. The zero-order chi connectivity index (χ0) is 18.6. The van der Waals surface area contributed by atoms with Crippen molar-refractivity contribution in [3.63, 3.8) is 0 Å². The summed E-state index contributed by atoms with van der Waals surface area (Å²) in [5, 5.41) is 3.44. The number of carbonyl (C=O) groups excluding carboxylic acids is 1. The van der Waals surface area contributed by atoms with Crippen LogP contribution in [0.2, 0.25) is 0 Å². The quantitative estimate of drug-likeness (QED) is 0.773. The summed E-state index contributed by atoms with van der Waals surface area (Å²) in [5.74, 6) is 1.34. The maximum atomic E-state index is 13.2. The van der Waals surface area contributed by atoms with Crippen LogP contribution in [0.25, 0.3) is 0 Å². The number of likely N-dealkylation sites (tertiary alicyclic amines) is 2. The Hall–Kier alpha value is -1.01. The van der Waals surface area contributed by atoms with Crippen molar-refractivity contribution in [3.8, 4) is 5.75 Å². The number of aryl methyl sites for hydroxylation is 1. The average molecular weight is 444 g/mol. The number of carbonyl (C=O) groups is 1. The number of nitrogens with zero attached hydrogens (tertiary/aromatic N) is 2. The van der Waals surface area contributed by atoms with E-state index in [1.165, 1.54) is 18.4 Å². The molecule has 0 spiro atoms. The van der Waals surface area contributed by atoms with Crippen LogP contribution in [0.15, 0.2) is 24.3 Å². The normalized spacial score (nSPS) is 23.9. The number of ether oxygens (including phenoxy) is 1. The summed E-state index contributed by atoms with van der Waals surface area (Å²) in [7, 11) is 0. The molecule has 3 saturated heterocycles. The van der Waals surface area contributed by atoms with Gasteiger partial charge < -0.3 is 15.0 Å². The minimum atomic E-state index is 0. The molecule has 1 N–H and O–H groups in total. The van der Waals surface area contributed by atoms with Crippen LogP contribution in [0.4, 0.5) is 0 Å². The molecule has 164 valence electrons. The van der Waals surface area contributed by atoms with Crippen LogP contribution in [0.5, 0.6) is 5.75 Å². The van der Waals surface area contributed by atoms with Gasteiger partial charge in [0.15, 0.2) is 0 Å². The zero-order valence-electron chi connectivity index (χ0n) is 17.3. The monoisotopic (exact) mass is 443 g/mol. The Morgan fingerprint density at radius 2 is 1.69 bits per heavy atom. The number of halogens is 2. The summed E-state index contributed by atoms with van der Waals surface area (Å²) in [6, 6.07) is 8.90. The minimum absolute atomic E-state index is 0. The third-order valence-corrected chi connectivity index (χ3v) is 6.50. The van der Waals surface area contributed by atoms with Gasteiger partial charge >= 0.3 is 0 Å². The number of hydrogen-bond acceptors (Lipinski definition) is 4. The summed E-state index contributed by atoms with van der Waals surface area (Å²) in [4.78, 5) is 17.8. The van der Waals surface area contributed by atoms with E-state index in [0.717, 1.165) is 64.2 Å². The van der Waals surface area contributed by atoms with Gasteiger partial charge in [-0.15, -0.1) is 24.8 Å².